The average molecular weight is 309 g/mol. The van der Waals surface area contributed by atoms with Crippen LogP contribution in [-0.4, -0.2) is 27.7 Å². The molecular weight excluding hydrogens is 286 g/mol. The topological polar surface area (TPSA) is 39.9 Å². The minimum absolute atomic E-state index is 0.270. The molecule has 1 aromatic carbocycles. The SMILES string of the molecule is CC(C)C#Cc1ccc(-c2cn(CC3CCCCO3)nn2)cc1. The first-order chi connectivity index (χ1) is 11.2. The first-order valence-corrected chi connectivity index (χ1v) is 8.34. The summed E-state index contributed by atoms with van der Waals surface area (Å²) < 4.78 is 7.64. The van der Waals surface area contributed by atoms with Gasteiger partial charge in [0.1, 0.15) is 5.69 Å². The highest BCUT2D eigenvalue weighted by Crippen LogP contribution is 2.18. The van der Waals surface area contributed by atoms with Crippen molar-refractivity contribution in [2.45, 2.75) is 45.8 Å². The van der Waals surface area contributed by atoms with Gasteiger partial charge in [-0.05, 0) is 31.4 Å². The summed E-state index contributed by atoms with van der Waals surface area (Å²) in [7, 11) is 0. The molecule has 3 rings (SSSR count). The highest BCUT2D eigenvalue weighted by molar-refractivity contribution is 5.59. The number of hydrogen-bond acceptors (Lipinski definition) is 3. The van der Waals surface area contributed by atoms with Crippen molar-refractivity contribution in [2.75, 3.05) is 6.61 Å². The van der Waals surface area contributed by atoms with E-state index in [0.717, 1.165) is 36.4 Å². The lowest BCUT2D eigenvalue weighted by molar-refractivity contribution is 0.00370. The van der Waals surface area contributed by atoms with Gasteiger partial charge >= 0.3 is 0 Å². The van der Waals surface area contributed by atoms with Crippen LogP contribution in [0.4, 0.5) is 0 Å². The molecule has 1 atom stereocenters. The number of benzene rings is 1. The lowest BCUT2D eigenvalue weighted by atomic mass is 10.1. The summed E-state index contributed by atoms with van der Waals surface area (Å²) in [5, 5.41) is 8.50. The zero-order chi connectivity index (χ0) is 16.1. The number of hydrogen-bond donors (Lipinski definition) is 0. The Balaban J connectivity index is 1.66. The molecule has 1 aliphatic rings. The van der Waals surface area contributed by atoms with Crippen molar-refractivity contribution in [1.29, 1.82) is 0 Å². The van der Waals surface area contributed by atoms with Crippen molar-refractivity contribution in [1.82, 2.24) is 15.0 Å². The summed E-state index contributed by atoms with van der Waals surface area (Å²) in [6.07, 6.45) is 5.79. The van der Waals surface area contributed by atoms with Crippen LogP contribution in [0, 0.1) is 17.8 Å². The van der Waals surface area contributed by atoms with E-state index in [-0.39, 0.29) is 6.10 Å². The Kier molecular flexibility index (Phi) is 5.09. The Hall–Kier alpha value is -2.12. The van der Waals surface area contributed by atoms with Crippen LogP contribution in [0.3, 0.4) is 0 Å². The van der Waals surface area contributed by atoms with Gasteiger partial charge in [0, 0.05) is 23.7 Å². The Labute approximate surface area is 137 Å². The fourth-order valence-electron chi connectivity index (χ4n) is 2.63. The van der Waals surface area contributed by atoms with Crippen molar-refractivity contribution >= 4 is 0 Å². The van der Waals surface area contributed by atoms with Crippen molar-refractivity contribution in [2.24, 2.45) is 5.92 Å². The first-order valence-electron chi connectivity index (χ1n) is 8.34. The maximum Gasteiger partial charge on any atom is 0.113 e. The summed E-state index contributed by atoms with van der Waals surface area (Å²) in [6, 6.07) is 8.17. The van der Waals surface area contributed by atoms with Crippen molar-refractivity contribution in [3.8, 4) is 23.1 Å². The second-order valence-corrected chi connectivity index (χ2v) is 6.32. The zero-order valence-corrected chi connectivity index (χ0v) is 13.8. The van der Waals surface area contributed by atoms with Gasteiger partial charge in [0.05, 0.1) is 18.8 Å². The van der Waals surface area contributed by atoms with E-state index in [4.69, 9.17) is 4.74 Å². The Morgan fingerprint density at radius 2 is 2.09 bits per heavy atom. The van der Waals surface area contributed by atoms with Crippen LogP contribution in [0.1, 0.15) is 38.7 Å². The van der Waals surface area contributed by atoms with Crippen LogP contribution in [0.5, 0.6) is 0 Å². The molecule has 4 nitrogen and oxygen atoms in total. The van der Waals surface area contributed by atoms with Gasteiger partial charge in [-0.25, -0.2) is 4.68 Å². The molecule has 0 N–H and O–H groups in total. The van der Waals surface area contributed by atoms with Gasteiger partial charge in [-0.2, -0.15) is 0 Å². The van der Waals surface area contributed by atoms with Gasteiger partial charge < -0.3 is 4.74 Å². The molecule has 0 saturated carbocycles. The molecule has 1 unspecified atom stereocenters. The summed E-state index contributed by atoms with van der Waals surface area (Å²) in [4.78, 5) is 0. The van der Waals surface area contributed by atoms with E-state index in [9.17, 15) is 0 Å². The summed E-state index contributed by atoms with van der Waals surface area (Å²) in [5.74, 6) is 6.73. The second kappa shape index (κ2) is 7.43. The maximum absolute atomic E-state index is 5.75. The Bertz CT molecular complexity index is 685. The molecule has 1 aromatic heterocycles. The monoisotopic (exact) mass is 309 g/mol. The molecule has 0 spiro atoms. The Morgan fingerprint density at radius 3 is 2.78 bits per heavy atom. The molecule has 1 aliphatic heterocycles. The maximum atomic E-state index is 5.75. The largest absolute Gasteiger partial charge is 0.376 e. The fraction of sp³-hybridized carbons (Fsp3) is 0.474. The smallest absolute Gasteiger partial charge is 0.113 e. The van der Waals surface area contributed by atoms with E-state index < -0.39 is 0 Å². The summed E-state index contributed by atoms with van der Waals surface area (Å²) >= 11 is 0. The van der Waals surface area contributed by atoms with E-state index in [2.05, 4.69) is 48.1 Å². The third-order valence-electron chi connectivity index (χ3n) is 3.89. The normalized spacial score (nSPS) is 17.8. The molecule has 2 aromatic rings. The van der Waals surface area contributed by atoms with E-state index in [1.807, 2.05) is 23.0 Å². The summed E-state index contributed by atoms with van der Waals surface area (Å²) in [6.45, 7) is 5.83. The second-order valence-electron chi connectivity index (χ2n) is 6.32. The van der Waals surface area contributed by atoms with Crippen LogP contribution in [0.15, 0.2) is 30.5 Å². The highest BCUT2D eigenvalue weighted by atomic mass is 16.5. The molecule has 0 amide bonds. The molecule has 2 heterocycles. The molecule has 0 bridgehead atoms. The van der Waals surface area contributed by atoms with Crippen LogP contribution in [-0.2, 0) is 11.3 Å². The van der Waals surface area contributed by atoms with Crippen molar-refractivity contribution in [3.63, 3.8) is 0 Å². The summed E-state index contributed by atoms with van der Waals surface area (Å²) in [5.41, 5.74) is 2.99. The van der Waals surface area contributed by atoms with Crippen molar-refractivity contribution in [3.05, 3.63) is 36.0 Å². The lowest BCUT2D eigenvalue weighted by Gasteiger charge is -2.21. The molecule has 0 aliphatic carbocycles. The Morgan fingerprint density at radius 1 is 1.26 bits per heavy atom. The number of nitrogens with zero attached hydrogens (tertiary/aromatic N) is 3. The van der Waals surface area contributed by atoms with E-state index in [1.54, 1.807) is 0 Å². The van der Waals surface area contributed by atoms with Crippen molar-refractivity contribution < 1.29 is 4.74 Å². The van der Waals surface area contributed by atoms with Crippen LogP contribution in [0.25, 0.3) is 11.3 Å². The predicted molar refractivity (Wildman–Crippen MR) is 90.8 cm³/mol. The van der Waals surface area contributed by atoms with Gasteiger partial charge in [-0.1, -0.05) is 43.0 Å². The predicted octanol–water partition coefficient (Wildman–Crippen LogP) is 3.52. The van der Waals surface area contributed by atoms with E-state index in [1.165, 1.54) is 12.8 Å². The quantitative estimate of drug-likeness (QED) is 0.814. The van der Waals surface area contributed by atoms with Crippen LogP contribution >= 0.6 is 0 Å². The van der Waals surface area contributed by atoms with Gasteiger partial charge in [-0.15, -0.1) is 5.10 Å². The molecular formula is C19H23N3O. The molecule has 4 heteroatoms. The molecule has 1 fully saturated rings. The third kappa shape index (κ3) is 4.43. The van der Waals surface area contributed by atoms with E-state index in [0.29, 0.717) is 5.92 Å². The van der Waals surface area contributed by atoms with Crippen LogP contribution in [0.2, 0.25) is 0 Å². The minimum atomic E-state index is 0.270. The molecule has 23 heavy (non-hydrogen) atoms. The fourth-order valence-corrected chi connectivity index (χ4v) is 2.63. The van der Waals surface area contributed by atoms with E-state index >= 15 is 0 Å². The van der Waals surface area contributed by atoms with Gasteiger partial charge in [0.2, 0.25) is 0 Å². The highest BCUT2D eigenvalue weighted by Gasteiger charge is 2.15. The number of aromatic nitrogens is 3. The van der Waals surface area contributed by atoms with Gasteiger partial charge in [0.15, 0.2) is 0 Å². The van der Waals surface area contributed by atoms with Gasteiger partial charge in [0.25, 0.3) is 0 Å². The van der Waals surface area contributed by atoms with Crippen LogP contribution < -0.4 is 0 Å². The number of ether oxygens (including phenoxy) is 1. The molecule has 1 saturated heterocycles. The average Bonchev–Trinajstić information content (AvgIpc) is 3.03. The molecule has 120 valence electrons. The number of rotatable bonds is 3. The van der Waals surface area contributed by atoms with Gasteiger partial charge in [-0.3, -0.25) is 0 Å². The third-order valence-corrected chi connectivity index (χ3v) is 3.89. The zero-order valence-electron chi connectivity index (χ0n) is 13.8. The standard InChI is InChI=1S/C19H23N3O/c1-15(2)6-7-16-8-10-17(11-9-16)19-14-22(21-20-19)13-18-5-3-4-12-23-18/h8-11,14-15,18H,3-5,12-13H2,1-2H3. The minimum Gasteiger partial charge on any atom is -0.376 e. The lowest BCUT2D eigenvalue weighted by Crippen LogP contribution is -2.24. The first kappa shape index (κ1) is 15.8. The molecule has 0 radical (unpaired) electrons.